The molecule has 2 N–H and O–H groups in total. The van der Waals surface area contributed by atoms with Gasteiger partial charge in [0.2, 0.25) is 5.95 Å². The number of hydrogen-bond donors (Lipinski definition) is 2. The molecule has 2 aliphatic heterocycles. The van der Waals surface area contributed by atoms with Gasteiger partial charge < -0.3 is 29.9 Å². The van der Waals surface area contributed by atoms with Crippen molar-refractivity contribution in [1.82, 2.24) is 19.8 Å². The molecule has 54 heavy (non-hydrogen) atoms. The van der Waals surface area contributed by atoms with Crippen LogP contribution in [0.1, 0.15) is 40.9 Å². The van der Waals surface area contributed by atoms with E-state index in [1.54, 1.807) is 24.1 Å². The number of carbonyl (C=O) groups is 2. The number of fused-ring (bicyclic) bond motifs is 1. The molecule has 5 aromatic rings. The number of methoxy groups -OCH3 is 1. The van der Waals surface area contributed by atoms with E-state index in [9.17, 15) is 14.9 Å². The van der Waals surface area contributed by atoms with E-state index >= 15 is 0 Å². The van der Waals surface area contributed by atoms with Crippen LogP contribution in [0.4, 0.5) is 22.2 Å². The second kappa shape index (κ2) is 17.1. The smallest absolute Gasteiger partial charge is 0.410 e. The lowest BCUT2D eigenvalue weighted by molar-refractivity contribution is 0.0768. The number of ether oxygens (including phenoxy) is 2. The van der Waals surface area contributed by atoms with Crippen molar-refractivity contribution in [2.75, 3.05) is 55.4 Å². The predicted molar refractivity (Wildman–Crippen MR) is 208 cm³/mol. The maximum atomic E-state index is 14.0. The van der Waals surface area contributed by atoms with Crippen molar-refractivity contribution < 1.29 is 19.1 Å². The molecule has 0 unspecified atom stereocenters. The minimum absolute atomic E-state index is 0.113. The van der Waals surface area contributed by atoms with Crippen LogP contribution in [0.5, 0.6) is 5.75 Å². The average Bonchev–Trinajstić information content (AvgIpc) is 3.66. The summed E-state index contributed by atoms with van der Waals surface area (Å²) < 4.78 is 11.2. The Labute approximate surface area is 315 Å². The molecule has 3 heterocycles. The van der Waals surface area contributed by atoms with Gasteiger partial charge in [0.15, 0.2) is 0 Å². The molecule has 2 aliphatic rings. The van der Waals surface area contributed by atoms with Crippen molar-refractivity contribution in [3.8, 4) is 11.8 Å². The predicted octanol–water partition coefficient (Wildman–Crippen LogP) is 6.71. The van der Waals surface area contributed by atoms with Gasteiger partial charge in [0, 0.05) is 56.3 Å². The Morgan fingerprint density at radius 2 is 1.65 bits per heavy atom. The largest absolute Gasteiger partial charge is 0.497 e. The molecule has 2 fully saturated rings. The van der Waals surface area contributed by atoms with Crippen LogP contribution in [0.15, 0.2) is 103 Å². The first-order chi connectivity index (χ1) is 26.5. The zero-order chi connectivity index (χ0) is 37.3. The number of hydrogen-bond acceptors (Lipinski definition) is 10. The van der Waals surface area contributed by atoms with E-state index in [0.717, 1.165) is 42.3 Å². The summed E-state index contributed by atoms with van der Waals surface area (Å²) >= 11 is 0. The van der Waals surface area contributed by atoms with Crippen molar-refractivity contribution in [1.29, 1.82) is 5.26 Å². The summed E-state index contributed by atoms with van der Waals surface area (Å²) in [5, 5.41) is 18.1. The highest BCUT2D eigenvalue weighted by atomic mass is 16.6. The molecule has 7 rings (SSSR count). The van der Waals surface area contributed by atoms with Gasteiger partial charge in [-0.1, -0.05) is 84.9 Å². The number of benzene rings is 4. The molecule has 1 aromatic heterocycles. The van der Waals surface area contributed by atoms with E-state index in [1.165, 1.54) is 5.56 Å². The lowest BCUT2D eigenvalue weighted by atomic mass is 10.1. The Morgan fingerprint density at radius 3 is 2.43 bits per heavy atom. The standard InChI is InChI=1S/C42H44N8O4/c1-53-35-23-32-15-8-9-17-36(32)37(24-35)45-40(51)38-25-39(47-41(46-38)44-26-33-16-10-20-48(33)27-30-11-4-2-5-12-30)49-21-22-50(34(28-49)18-19-43)42(52)54-29-31-13-6-3-7-14-31/h2-9,11-15,17,23-25,33-34H,10,16,18,20-22,26-29H2,1H3,(H,45,51)(H,44,46,47)/t33-,34-/m0/s1. The quantitative estimate of drug-likeness (QED) is 0.143. The number of piperazine rings is 1. The van der Waals surface area contributed by atoms with Gasteiger partial charge in [0.25, 0.3) is 5.91 Å². The zero-order valence-corrected chi connectivity index (χ0v) is 30.4. The molecule has 0 spiro atoms. The number of anilines is 3. The summed E-state index contributed by atoms with van der Waals surface area (Å²) in [6, 6.07) is 35.2. The molecule has 276 valence electrons. The number of amides is 2. The Hall–Kier alpha value is -6.19. The molecule has 2 amide bonds. The molecule has 4 aromatic carbocycles. The van der Waals surface area contributed by atoms with Crippen LogP contribution in [0, 0.1) is 11.3 Å². The van der Waals surface area contributed by atoms with E-state index in [1.807, 2.05) is 71.6 Å². The molecular formula is C42H44N8O4. The van der Waals surface area contributed by atoms with Crippen LogP contribution in [-0.2, 0) is 17.9 Å². The van der Waals surface area contributed by atoms with Crippen molar-refractivity contribution in [3.63, 3.8) is 0 Å². The lowest BCUT2D eigenvalue weighted by Crippen LogP contribution is -2.55. The van der Waals surface area contributed by atoms with Gasteiger partial charge in [0.05, 0.1) is 31.3 Å². The summed E-state index contributed by atoms with van der Waals surface area (Å²) in [5.41, 5.74) is 2.94. The van der Waals surface area contributed by atoms with Crippen LogP contribution in [-0.4, -0.2) is 83.7 Å². The zero-order valence-electron chi connectivity index (χ0n) is 30.4. The number of nitrogens with zero attached hydrogens (tertiary/aromatic N) is 6. The van der Waals surface area contributed by atoms with Crippen molar-refractivity contribution in [2.24, 2.45) is 0 Å². The average molecular weight is 725 g/mol. The van der Waals surface area contributed by atoms with Crippen LogP contribution in [0.3, 0.4) is 0 Å². The molecule has 0 bridgehead atoms. The van der Waals surface area contributed by atoms with Crippen molar-refractivity contribution in [3.05, 3.63) is 120 Å². The van der Waals surface area contributed by atoms with E-state index in [-0.39, 0.29) is 24.8 Å². The Kier molecular flexibility index (Phi) is 11.5. The topological polar surface area (TPSA) is 136 Å². The van der Waals surface area contributed by atoms with E-state index in [4.69, 9.17) is 19.4 Å². The number of likely N-dealkylation sites (tertiary alicyclic amines) is 1. The van der Waals surface area contributed by atoms with E-state index < -0.39 is 18.0 Å². The molecule has 2 atom stereocenters. The summed E-state index contributed by atoms with van der Waals surface area (Å²) in [6.07, 6.45) is 1.78. The van der Waals surface area contributed by atoms with Crippen LogP contribution in [0.25, 0.3) is 10.8 Å². The second-order valence-corrected chi connectivity index (χ2v) is 13.6. The van der Waals surface area contributed by atoms with Gasteiger partial charge in [-0.3, -0.25) is 9.69 Å². The lowest BCUT2D eigenvalue weighted by Gasteiger charge is -2.40. The highest BCUT2D eigenvalue weighted by Crippen LogP contribution is 2.30. The van der Waals surface area contributed by atoms with Gasteiger partial charge in [-0.05, 0) is 42.0 Å². The normalized spacial score (nSPS) is 17.2. The Bertz CT molecular complexity index is 2110. The highest BCUT2D eigenvalue weighted by Gasteiger charge is 2.33. The molecule has 2 saturated heterocycles. The number of nitriles is 1. The van der Waals surface area contributed by atoms with Crippen LogP contribution < -0.4 is 20.3 Å². The van der Waals surface area contributed by atoms with Crippen LogP contribution in [0.2, 0.25) is 0 Å². The monoisotopic (exact) mass is 724 g/mol. The molecule has 0 saturated carbocycles. The van der Waals surface area contributed by atoms with Crippen molar-refractivity contribution >= 4 is 40.2 Å². The molecule has 0 radical (unpaired) electrons. The number of rotatable bonds is 12. The SMILES string of the molecule is COc1cc(NC(=O)c2cc(N3CCN(C(=O)OCc4ccccc4)[C@@H](CC#N)C3)nc(NC[C@@H]3CCCN3Cc3ccccc3)n2)c2ccccc2c1. The van der Waals surface area contributed by atoms with E-state index in [2.05, 4.69) is 45.9 Å². The Balaban J connectivity index is 1.13. The summed E-state index contributed by atoms with van der Waals surface area (Å²) in [4.78, 5) is 43.0. The number of nitrogens with one attached hydrogen (secondary N) is 2. The molecule has 12 heteroatoms. The molecule has 12 nitrogen and oxygen atoms in total. The maximum Gasteiger partial charge on any atom is 0.410 e. The second-order valence-electron chi connectivity index (χ2n) is 13.6. The first-order valence-electron chi connectivity index (χ1n) is 18.4. The first-order valence-corrected chi connectivity index (χ1v) is 18.4. The molecule has 0 aliphatic carbocycles. The summed E-state index contributed by atoms with van der Waals surface area (Å²) in [5.74, 6) is 1.08. The molecular weight excluding hydrogens is 681 g/mol. The maximum absolute atomic E-state index is 14.0. The fourth-order valence-electron chi connectivity index (χ4n) is 7.23. The fourth-order valence-corrected chi connectivity index (χ4v) is 7.23. The van der Waals surface area contributed by atoms with Crippen molar-refractivity contribution in [2.45, 2.75) is 44.5 Å². The third kappa shape index (κ3) is 8.70. The third-order valence-electron chi connectivity index (χ3n) is 10.1. The minimum atomic E-state index is -0.467. The Morgan fingerprint density at radius 1 is 0.889 bits per heavy atom. The third-order valence-corrected chi connectivity index (χ3v) is 10.1. The number of carbonyl (C=O) groups excluding carboxylic acids is 2. The number of aromatic nitrogens is 2. The fraction of sp³-hybridized carbons (Fsp3) is 0.310. The summed E-state index contributed by atoms with van der Waals surface area (Å²) in [6.45, 7) is 3.69. The van der Waals surface area contributed by atoms with Gasteiger partial charge in [0.1, 0.15) is 23.9 Å². The minimum Gasteiger partial charge on any atom is -0.497 e. The van der Waals surface area contributed by atoms with Crippen LogP contribution >= 0.6 is 0 Å². The van der Waals surface area contributed by atoms with Gasteiger partial charge >= 0.3 is 6.09 Å². The van der Waals surface area contributed by atoms with E-state index in [0.29, 0.717) is 49.4 Å². The van der Waals surface area contributed by atoms with Gasteiger partial charge in [-0.2, -0.15) is 10.2 Å². The highest BCUT2D eigenvalue weighted by molar-refractivity contribution is 6.09. The van der Waals surface area contributed by atoms with Gasteiger partial charge in [-0.15, -0.1) is 0 Å². The van der Waals surface area contributed by atoms with Gasteiger partial charge in [-0.25, -0.2) is 9.78 Å². The first kappa shape index (κ1) is 36.2. The summed E-state index contributed by atoms with van der Waals surface area (Å²) in [7, 11) is 1.60.